The van der Waals surface area contributed by atoms with Gasteiger partial charge in [0.15, 0.2) is 5.16 Å². The van der Waals surface area contributed by atoms with Gasteiger partial charge in [0, 0.05) is 0 Å². The monoisotopic (exact) mass is 342 g/mol. The third kappa shape index (κ3) is 2.89. The van der Waals surface area contributed by atoms with E-state index in [1.165, 1.54) is 5.56 Å². The summed E-state index contributed by atoms with van der Waals surface area (Å²) >= 11 is 3.17. The van der Waals surface area contributed by atoms with Crippen LogP contribution in [0.1, 0.15) is 23.6 Å². The van der Waals surface area contributed by atoms with Crippen LogP contribution in [0.4, 0.5) is 0 Å². The fourth-order valence-electron chi connectivity index (χ4n) is 2.27. The molecule has 0 radical (unpaired) electrons. The standard InChI is InChI=1S/C16H14N4OS2/c1-9-5-6-11-12(8-9)18-16(17-11)23-10(2)14-19-20-15(21-14)13-4-3-7-22-13/h3-8,10H,1-2H3,(H,17,18). The lowest BCUT2D eigenvalue weighted by Gasteiger charge is -2.02. The molecule has 0 aliphatic rings. The van der Waals surface area contributed by atoms with Gasteiger partial charge in [-0.05, 0) is 43.0 Å². The van der Waals surface area contributed by atoms with Crippen LogP contribution in [0.3, 0.4) is 0 Å². The van der Waals surface area contributed by atoms with Gasteiger partial charge in [-0.3, -0.25) is 0 Å². The maximum Gasteiger partial charge on any atom is 0.257 e. The molecule has 1 aromatic carbocycles. The highest BCUT2D eigenvalue weighted by Crippen LogP contribution is 2.35. The van der Waals surface area contributed by atoms with Crippen LogP contribution in [-0.2, 0) is 0 Å². The average Bonchev–Trinajstić information content (AvgIpc) is 3.26. The highest BCUT2D eigenvalue weighted by molar-refractivity contribution is 7.99. The van der Waals surface area contributed by atoms with Gasteiger partial charge >= 0.3 is 0 Å². The summed E-state index contributed by atoms with van der Waals surface area (Å²) in [7, 11) is 0. The highest BCUT2D eigenvalue weighted by Gasteiger charge is 2.18. The van der Waals surface area contributed by atoms with Gasteiger partial charge in [-0.25, -0.2) is 4.98 Å². The minimum absolute atomic E-state index is 0.0258. The van der Waals surface area contributed by atoms with Gasteiger partial charge in [-0.15, -0.1) is 21.5 Å². The van der Waals surface area contributed by atoms with Crippen molar-refractivity contribution in [3.05, 3.63) is 47.2 Å². The molecule has 0 spiro atoms. The van der Waals surface area contributed by atoms with Crippen molar-refractivity contribution in [2.75, 3.05) is 0 Å². The van der Waals surface area contributed by atoms with E-state index in [4.69, 9.17) is 4.42 Å². The van der Waals surface area contributed by atoms with E-state index in [1.807, 2.05) is 30.5 Å². The third-order valence-corrected chi connectivity index (χ3v) is 5.25. The average molecular weight is 342 g/mol. The van der Waals surface area contributed by atoms with E-state index in [-0.39, 0.29) is 5.25 Å². The topological polar surface area (TPSA) is 67.6 Å². The summed E-state index contributed by atoms with van der Waals surface area (Å²) in [6.45, 7) is 4.11. The second-order valence-corrected chi connectivity index (χ2v) is 7.52. The van der Waals surface area contributed by atoms with Crippen molar-refractivity contribution < 1.29 is 4.42 Å². The van der Waals surface area contributed by atoms with E-state index in [0.29, 0.717) is 11.8 Å². The molecule has 1 N–H and O–H groups in total. The number of aryl methyl sites for hydroxylation is 1. The minimum atomic E-state index is 0.0258. The molecular formula is C16H14N4OS2. The number of imidazole rings is 1. The molecule has 3 heterocycles. The Morgan fingerprint density at radius 1 is 1.26 bits per heavy atom. The quantitative estimate of drug-likeness (QED) is 0.538. The van der Waals surface area contributed by atoms with Crippen molar-refractivity contribution in [1.82, 2.24) is 20.2 Å². The fraction of sp³-hybridized carbons (Fsp3) is 0.188. The third-order valence-electron chi connectivity index (χ3n) is 3.42. The molecule has 0 saturated heterocycles. The molecule has 0 amide bonds. The van der Waals surface area contributed by atoms with Crippen LogP contribution in [-0.4, -0.2) is 20.2 Å². The summed E-state index contributed by atoms with van der Waals surface area (Å²) in [6, 6.07) is 10.1. The van der Waals surface area contributed by atoms with Gasteiger partial charge in [0.2, 0.25) is 5.89 Å². The Morgan fingerprint density at radius 2 is 2.17 bits per heavy atom. The number of fused-ring (bicyclic) bond motifs is 1. The number of thioether (sulfide) groups is 1. The number of H-pyrrole nitrogens is 1. The van der Waals surface area contributed by atoms with E-state index >= 15 is 0 Å². The first-order valence-electron chi connectivity index (χ1n) is 7.19. The van der Waals surface area contributed by atoms with E-state index < -0.39 is 0 Å². The number of aromatic amines is 1. The van der Waals surface area contributed by atoms with Crippen molar-refractivity contribution in [1.29, 1.82) is 0 Å². The smallest absolute Gasteiger partial charge is 0.257 e. The summed E-state index contributed by atoms with van der Waals surface area (Å²) in [5, 5.41) is 11.2. The Labute approximate surface area is 141 Å². The first-order valence-corrected chi connectivity index (χ1v) is 8.95. The summed E-state index contributed by atoms with van der Waals surface area (Å²) in [5.41, 5.74) is 3.22. The maximum atomic E-state index is 5.78. The summed E-state index contributed by atoms with van der Waals surface area (Å²) in [5.74, 6) is 1.18. The van der Waals surface area contributed by atoms with Gasteiger partial charge in [0.1, 0.15) is 0 Å². The second kappa shape index (κ2) is 5.82. The Hall–Kier alpha value is -2.12. The molecule has 116 valence electrons. The van der Waals surface area contributed by atoms with E-state index in [2.05, 4.69) is 39.2 Å². The lowest BCUT2D eigenvalue weighted by atomic mass is 10.2. The molecule has 23 heavy (non-hydrogen) atoms. The molecule has 0 aliphatic carbocycles. The lowest BCUT2D eigenvalue weighted by molar-refractivity contribution is 0.510. The number of hydrogen-bond donors (Lipinski definition) is 1. The molecule has 0 aliphatic heterocycles. The Bertz CT molecular complexity index is 942. The Kier molecular flexibility index (Phi) is 3.66. The van der Waals surface area contributed by atoms with E-state index in [0.717, 1.165) is 21.1 Å². The van der Waals surface area contributed by atoms with Crippen molar-refractivity contribution >= 4 is 34.1 Å². The van der Waals surface area contributed by atoms with Crippen LogP contribution in [0.2, 0.25) is 0 Å². The maximum absolute atomic E-state index is 5.78. The predicted octanol–water partition coefficient (Wildman–Crippen LogP) is 4.84. The number of nitrogens with one attached hydrogen (secondary N) is 1. The Balaban J connectivity index is 1.55. The second-order valence-electron chi connectivity index (χ2n) is 5.25. The molecule has 0 fully saturated rings. The highest BCUT2D eigenvalue weighted by atomic mass is 32.2. The van der Waals surface area contributed by atoms with Crippen molar-refractivity contribution in [3.63, 3.8) is 0 Å². The fourth-order valence-corrected chi connectivity index (χ4v) is 3.77. The van der Waals surface area contributed by atoms with Gasteiger partial charge in [0.25, 0.3) is 5.89 Å². The van der Waals surface area contributed by atoms with Crippen LogP contribution in [0.15, 0.2) is 45.3 Å². The number of hydrogen-bond acceptors (Lipinski definition) is 6. The molecule has 5 nitrogen and oxygen atoms in total. The van der Waals surface area contributed by atoms with Crippen LogP contribution >= 0.6 is 23.1 Å². The summed E-state index contributed by atoms with van der Waals surface area (Å²) < 4.78 is 5.78. The zero-order chi connectivity index (χ0) is 15.8. The molecule has 3 aromatic heterocycles. The number of rotatable bonds is 4. The largest absolute Gasteiger partial charge is 0.419 e. The number of thiophene rings is 1. The van der Waals surface area contributed by atoms with Crippen LogP contribution in [0.5, 0.6) is 0 Å². The lowest BCUT2D eigenvalue weighted by Crippen LogP contribution is -1.89. The van der Waals surface area contributed by atoms with Gasteiger partial charge in [0.05, 0.1) is 21.2 Å². The molecule has 0 saturated carbocycles. The number of benzene rings is 1. The summed E-state index contributed by atoms with van der Waals surface area (Å²) in [6.07, 6.45) is 0. The van der Waals surface area contributed by atoms with Crippen molar-refractivity contribution in [2.45, 2.75) is 24.3 Å². The normalized spacial score (nSPS) is 12.8. The molecular weight excluding hydrogens is 328 g/mol. The zero-order valence-corrected chi connectivity index (χ0v) is 14.2. The summed E-state index contributed by atoms with van der Waals surface area (Å²) in [4.78, 5) is 8.92. The molecule has 4 rings (SSSR count). The molecule has 4 aromatic rings. The molecule has 1 atom stereocenters. The molecule has 1 unspecified atom stereocenters. The SMILES string of the molecule is Cc1ccc2nc(SC(C)c3nnc(-c4cccs4)o3)[nH]c2c1. The zero-order valence-electron chi connectivity index (χ0n) is 12.6. The Morgan fingerprint density at radius 3 is 3.00 bits per heavy atom. The number of nitrogens with zero attached hydrogens (tertiary/aromatic N) is 3. The van der Waals surface area contributed by atoms with E-state index in [1.54, 1.807) is 23.1 Å². The van der Waals surface area contributed by atoms with Crippen molar-refractivity contribution in [3.8, 4) is 10.8 Å². The minimum Gasteiger partial charge on any atom is -0.419 e. The van der Waals surface area contributed by atoms with E-state index in [9.17, 15) is 0 Å². The van der Waals surface area contributed by atoms with Crippen molar-refractivity contribution in [2.24, 2.45) is 0 Å². The van der Waals surface area contributed by atoms with Crippen LogP contribution in [0, 0.1) is 6.92 Å². The van der Waals surface area contributed by atoms with Gasteiger partial charge in [-0.1, -0.05) is 23.9 Å². The first-order chi connectivity index (χ1) is 11.2. The van der Waals surface area contributed by atoms with Crippen LogP contribution in [0.25, 0.3) is 21.8 Å². The molecule has 0 bridgehead atoms. The predicted molar refractivity (Wildman–Crippen MR) is 92.7 cm³/mol. The number of aromatic nitrogens is 4. The van der Waals surface area contributed by atoms with Crippen LogP contribution < -0.4 is 0 Å². The van der Waals surface area contributed by atoms with Gasteiger partial charge in [-0.2, -0.15) is 0 Å². The first kappa shape index (κ1) is 14.5. The molecule has 7 heteroatoms. The van der Waals surface area contributed by atoms with Gasteiger partial charge < -0.3 is 9.40 Å².